The van der Waals surface area contributed by atoms with Gasteiger partial charge in [-0.05, 0) is 24.6 Å². The molecule has 0 saturated carbocycles. The highest BCUT2D eigenvalue weighted by Gasteiger charge is 2.18. The monoisotopic (exact) mass is 332 g/mol. The third-order valence-corrected chi connectivity index (χ3v) is 3.39. The van der Waals surface area contributed by atoms with Crippen molar-refractivity contribution >= 4 is 11.7 Å². The van der Waals surface area contributed by atoms with Gasteiger partial charge in [0.1, 0.15) is 11.6 Å². The number of amides is 2. The summed E-state index contributed by atoms with van der Waals surface area (Å²) in [5, 5.41) is 12.4. The van der Waals surface area contributed by atoms with Crippen molar-refractivity contribution in [1.82, 2.24) is 4.90 Å². The van der Waals surface area contributed by atoms with Crippen LogP contribution < -0.4 is 10.1 Å². The van der Waals surface area contributed by atoms with Gasteiger partial charge in [-0.25, -0.2) is 9.18 Å². The van der Waals surface area contributed by atoms with E-state index in [9.17, 15) is 14.3 Å². The quantitative estimate of drug-likeness (QED) is 0.853. The lowest BCUT2D eigenvalue weighted by Crippen LogP contribution is -2.39. The predicted molar refractivity (Wildman–Crippen MR) is 90.5 cm³/mol. The van der Waals surface area contributed by atoms with Crippen LogP contribution in [0.15, 0.2) is 48.5 Å². The van der Waals surface area contributed by atoms with Crippen LogP contribution in [0.1, 0.15) is 12.5 Å². The molecule has 0 fully saturated rings. The molecule has 0 aromatic heterocycles. The van der Waals surface area contributed by atoms with Crippen molar-refractivity contribution in [1.29, 1.82) is 0 Å². The van der Waals surface area contributed by atoms with Crippen LogP contribution in [0, 0.1) is 5.82 Å². The molecule has 128 valence electrons. The smallest absolute Gasteiger partial charge is 0.322 e. The molecule has 6 heteroatoms. The fourth-order valence-electron chi connectivity index (χ4n) is 2.30. The molecule has 1 unspecified atom stereocenters. The van der Waals surface area contributed by atoms with Crippen LogP contribution in [0.25, 0.3) is 0 Å². The Balaban J connectivity index is 2.15. The number of hydrogen-bond acceptors (Lipinski definition) is 3. The number of carbonyl (C=O) groups excluding carboxylic acids is 1. The highest BCUT2D eigenvalue weighted by molar-refractivity contribution is 5.91. The van der Waals surface area contributed by atoms with E-state index >= 15 is 0 Å². The first-order chi connectivity index (χ1) is 11.5. The number of ether oxygens (including phenoxy) is 1. The lowest BCUT2D eigenvalue weighted by Gasteiger charge is -2.25. The number of anilines is 1. The molecule has 0 aliphatic rings. The zero-order valence-electron chi connectivity index (χ0n) is 13.7. The Morgan fingerprint density at radius 3 is 2.62 bits per heavy atom. The Hall–Kier alpha value is -2.60. The van der Waals surface area contributed by atoms with E-state index in [2.05, 4.69) is 5.32 Å². The number of urea groups is 1. The van der Waals surface area contributed by atoms with E-state index in [1.165, 1.54) is 30.2 Å². The van der Waals surface area contributed by atoms with Crippen molar-refractivity contribution in [2.24, 2.45) is 0 Å². The molecular weight excluding hydrogens is 311 g/mol. The number of nitrogens with one attached hydrogen (secondary N) is 1. The number of hydrogen-bond donors (Lipinski definition) is 2. The third kappa shape index (κ3) is 4.96. The largest absolute Gasteiger partial charge is 0.494 e. The molecule has 24 heavy (non-hydrogen) atoms. The molecule has 0 saturated heterocycles. The van der Waals surface area contributed by atoms with Gasteiger partial charge < -0.3 is 20.1 Å². The van der Waals surface area contributed by atoms with Crippen molar-refractivity contribution in [3.05, 3.63) is 59.9 Å². The molecule has 5 nitrogen and oxygen atoms in total. The van der Waals surface area contributed by atoms with E-state index in [4.69, 9.17) is 4.74 Å². The number of halogens is 1. The number of carbonyl (C=O) groups is 1. The third-order valence-electron chi connectivity index (χ3n) is 3.39. The maximum absolute atomic E-state index is 13.3. The van der Waals surface area contributed by atoms with Crippen molar-refractivity contribution in [2.75, 3.05) is 19.0 Å². The standard InChI is InChI=1S/C18H21FN2O3/c1-13(22)11-21(12-14-6-4-3-5-7-14)18(23)20-16-9-8-15(19)10-17(16)24-2/h3-10,13,22H,11-12H2,1-2H3,(H,20,23). The molecule has 2 amide bonds. The molecule has 0 radical (unpaired) electrons. The average molecular weight is 332 g/mol. The summed E-state index contributed by atoms with van der Waals surface area (Å²) in [6.45, 7) is 2.13. The summed E-state index contributed by atoms with van der Waals surface area (Å²) in [6, 6.07) is 13.0. The van der Waals surface area contributed by atoms with Gasteiger partial charge >= 0.3 is 6.03 Å². The summed E-state index contributed by atoms with van der Waals surface area (Å²) in [7, 11) is 1.40. The number of rotatable bonds is 6. The van der Waals surface area contributed by atoms with E-state index in [1.54, 1.807) is 6.92 Å². The minimum absolute atomic E-state index is 0.171. The van der Waals surface area contributed by atoms with Crippen LogP contribution in [-0.2, 0) is 6.54 Å². The van der Waals surface area contributed by atoms with E-state index in [0.717, 1.165) is 5.56 Å². The van der Waals surface area contributed by atoms with E-state index in [-0.39, 0.29) is 12.3 Å². The van der Waals surface area contributed by atoms with Crippen LogP contribution in [0.5, 0.6) is 5.75 Å². The Kier molecular flexibility index (Phi) is 6.14. The molecule has 1 atom stereocenters. The van der Waals surface area contributed by atoms with E-state index in [1.807, 2.05) is 30.3 Å². The van der Waals surface area contributed by atoms with Crippen molar-refractivity contribution < 1.29 is 19.0 Å². The van der Waals surface area contributed by atoms with Gasteiger partial charge in [0, 0.05) is 19.2 Å². The summed E-state index contributed by atoms with van der Waals surface area (Å²) in [6.07, 6.45) is -0.672. The van der Waals surface area contributed by atoms with Gasteiger partial charge in [0.25, 0.3) is 0 Å². The lowest BCUT2D eigenvalue weighted by atomic mass is 10.2. The second-order valence-corrected chi connectivity index (χ2v) is 5.49. The number of nitrogens with zero attached hydrogens (tertiary/aromatic N) is 1. The van der Waals surface area contributed by atoms with Crippen LogP contribution in [0.2, 0.25) is 0 Å². The normalized spacial score (nSPS) is 11.7. The summed E-state index contributed by atoms with van der Waals surface area (Å²) < 4.78 is 18.3. The van der Waals surface area contributed by atoms with Crippen LogP contribution in [-0.4, -0.2) is 35.8 Å². The first-order valence-electron chi connectivity index (χ1n) is 7.61. The van der Waals surface area contributed by atoms with Crippen molar-refractivity contribution in [2.45, 2.75) is 19.6 Å². The summed E-state index contributed by atoms with van der Waals surface area (Å²) >= 11 is 0. The zero-order chi connectivity index (χ0) is 17.5. The van der Waals surface area contributed by atoms with Crippen molar-refractivity contribution in [3.8, 4) is 5.75 Å². The Bertz CT molecular complexity index is 677. The molecule has 0 aliphatic carbocycles. The summed E-state index contributed by atoms with van der Waals surface area (Å²) in [5.74, 6) is -0.213. The molecule has 2 aromatic carbocycles. The number of aliphatic hydroxyl groups is 1. The molecule has 2 aromatic rings. The fraction of sp³-hybridized carbons (Fsp3) is 0.278. The van der Waals surface area contributed by atoms with Crippen LogP contribution >= 0.6 is 0 Å². The van der Waals surface area contributed by atoms with Gasteiger partial charge in [-0.1, -0.05) is 30.3 Å². The van der Waals surface area contributed by atoms with Gasteiger partial charge in [-0.15, -0.1) is 0 Å². The van der Waals surface area contributed by atoms with Gasteiger partial charge in [-0.3, -0.25) is 0 Å². The minimum atomic E-state index is -0.672. The highest BCUT2D eigenvalue weighted by Crippen LogP contribution is 2.25. The second kappa shape index (κ2) is 8.31. The minimum Gasteiger partial charge on any atom is -0.494 e. The summed E-state index contributed by atoms with van der Waals surface area (Å²) in [5.41, 5.74) is 1.31. The van der Waals surface area contributed by atoms with Gasteiger partial charge in [0.05, 0.1) is 18.9 Å². The fourth-order valence-corrected chi connectivity index (χ4v) is 2.30. The lowest BCUT2D eigenvalue weighted by molar-refractivity contribution is 0.135. The number of benzene rings is 2. The second-order valence-electron chi connectivity index (χ2n) is 5.49. The van der Waals surface area contributed by atoms with Crippen LogP contribution in [0.4, 0.5) is 14.9 Å². The Morgan fingerprint density at radius 2 is 2.00 bits per heavy atom. The SMILES string of the molecule is COc1cc(F)ccc1NC(=O)N(Cc1ccccc1)CC(C)O. The molecule has 2 N–H and O–H groups in total. The average Bonchev–Trinajstić information content (AvgIpc) is 2.56. The van der Waals surface area contributed by atoms with Gasteiger partial charge in [0.2, 0.25) is 0 Å². The van der Waals surface area contributed by atoms with E-state index in [0.29, 0.717) is 12.2 Å². The molecule has 2 rings (SSSR count). The molecule has 0 bridgehead atoms. The highest BCUT2D eigenvalue weighted by atomic mass is 19.1. The maximum atomic E-state index is 13.3. The number of methoxy groups -OCH3 is 1. The predicted octanol–water partition coefficient (Wildman–Crippen LogP) is 3.25. The Morgan fingerprint density at radius 1 is 1.29 bits per heavy atom. The van der Waals surface area contributed by atoms with Crippen LogP contribution in [0.3, 0.4) is 0 Å². The Labute approximate surface area is 140 Å². The molecule has 0 aliphatic heterocycles. The molecular formula is C18H21FN2O3. The first-order valence-corrected chi connectivity index (χ1v) is 7.61. The molecule has 0 spiro atoms. The van der Waals surface area contributed by atoms with E-state index < -0.39 is 18.0 Å². The van der Waals surface area contributed by atoms with Gasteiger partial charge in [-0.2, -0.15) is 0 Å². The van der Waals surface area contributed by atoms with Gasteiger partial charge in [0.15, 0.2) is 0 Å². The summed E-state index contributed by atoms with van der Waals surface area (Å²) in [4.78, 5) is 14.0. The topological polar surface area (TPSA) is 61.8 Å². The zero-order valence-corrected chi connectivity index (χ0v) is 13.7. The maximum Gasteiger partial charge on any atom is 0.322 e. The molecule has 0 heterocycles. The first kappa shape index (κ1) is 17.7. The van der Waals surface area contributed by atoms with Crippen molar-refractivity contribution in [3.63, 3.8) is 0 Å². The number of aliphatic hydroxyl groups excluding tert-OH is 1.